The summed E-state index contributed by atoms with van der Waals surface area (Å²) in [5.41, 5.74) is 2.11. The average Bonchev–Trinajstić information content (AvgIpc) is 3.05. The van der Waals surface area contributed by atoms with Crippen molar-refractivity contribution in [1.82, 2.24) is 14.6 Å². The van der Waals surface area contributed by atoms with Crippen LogP contribution in [0.4, 0.5) is 4.39 Å². The van der Waals surface area contributed by atoms with E-state index in [1.54, 1.807) is 0 Å². The molecule has 0 atom stereocenters. The molecule has 142 valence electrons. The van der Waals surface area contributed by atoms with Crippen LogP contribution in [0.3, 0.4) is 0 Å². The number of rotatable bonds is 7. The molecule has 27 heavy (non-hydrogen) atoms. The van der Waals surface area contributed by atoms with Crippen molar-refractivity contribution >= 4 is 26.8 Å². The number of aromatic amines is 1. The second kappa shape index (κ2) is 7.89. The lowest BCUT2D eigenvalue weighted by molar-refractivity contribution is -0.121. The second-order valence-corrected chi connectivity index (χ2v) is 8.22. The van der Waals surface area contributed by atoms with Gasteiger partial charge in [0.15, 0.2) is 0 Å². The number of amides is 1. The fraction of sp³-hybridized carbons (Fsp3) is 0.211. The Morgan fingerprint density at radius 3 is 2.59 bits per heavy atom. The molecule has 8 heteroatoms. The summed E-state index contributed by atoms with van der Waals surface area (Å²) >= 11 is 0. The second-order valence-electron chi connectivity index (χ2n) is 6.17. The van der Waals surface area contributed by atoms with Crippen LogP contribution in [0.5, 0.6) is 0 Å². The van der Waals surface area contributed by atoms with Gasteiger partial charge in [-0.25, -0.2) is 12.8 Å². The third-order valence-electron chi connectivity index (χ3n) is 4.28. The molecule has 0 unspecified atom stereocenters. The van der Waals surface area contributed by atoms with E-state index in [-0.39, 0.29) is 11.4 Å². The van der Waals surface area contributed by atoms with Crippen LogP contribution in [0, 0.1) is 5.82 Å². The van der Waals surface area contributed by atoms with Crippen molar-refractivity contribution < 1.29 is 17.6 Å². The number of para-hydroxylation sites is 1. The zero-order chi connectivity index (χ0) is 19.4. The SMILES string of the molecule is CN(CC(=O)NCCc1c[nH]c2ccccc12)S(=O)(=O)c1ccc(F)cc1. The summed E-state index contributed by atoms with van der Waals surface area (Å²) in [5, 5.41) is 3.83. The van der Waals surface area contributed by atoms with E-state index < -0.39 is 21.7 Å². The summed E-state index contributed by atoms with van der Waals surface area (Å²) in [6, 6.07) is 12.4. The van der Waals surface area contributed by atoms with Crippen molar-refractivity contribution in [3.8, 4) is 0 Å². The Labute approximate surface area is 157 Å². The molecule has 0 radical (unpaired) electrons. The number of likely N-dealkylation sites (N-methyl/N-ethyl adjacent to an activating group) is 1. The van der Waals surface area contributed by atoms with Crippen LogP contribution in [0.2, 0.25) is 0 Å². The van der Waals surface area contributed by atoms with E-state index >= 15 is 0 Å². The van der Waals surface area contributed by atoms with E-state index in [9.17, 15) is 17.6 Å². The minimum absolute atomic E-state index is 0.0574. The maximum absolute atomic E-state index is 13.0. The van der Waals surface area contributed by atoms with Gasteiger partial charge in [-0.15, -0.1) is 0 Å². The number of nitrogens with zero attached hydrogens (tertiary/aromatic N) is 1. The van der Waals surface area contributed by atoms with Gasteiger partial charge in [0.1, 0.15) is 5.82 Å². The summed E-state index contributed by atoms with van der Waals surface area (Å²) in [6.45, 7) is 0.0821. The van der Waals surface area contributed by atoms with Gasteiger partial charge in [-0.2, -0.15) is 4.31 Å². The van der Waals surface area contributed by atoms with Crippen LogP contribution in [0.1, 0.15) is 5.56 Å². The highest BCUT2D eigenvalue weighted by Gasteiger charge is 2.22. The van der Waals surface area contributed by atoms with E-state index in [1.807, 2.05) is 30.5 Å². The molecule has 0 saturated heterocycles. The molecular formula is C19H20FN3O3S. The third-order valence-corrected chi connectivity index (χ3v) is 6.10. The standard InChI is InChI=1S/C19H20FN3O3S/c1-23(27(25,26)16-8-6-15(20)7-9-16)13-19(24)21-11-10-14-12-22-18-5-3-2-4-17(14)18/h2-9,12,22H,10-11,13H2,1H3,(H,21,24). The van der Waals surface area contributed by atoms with Gasteiger partial charge in [-0.1, -0.05) is 18.2 Å². The van der Waals surface area contributed by atoms with Gasteiger partial charge in [-0.3, -0.25) is 4.79 Å². The highest BCUT2D eigenvalue weighted by molar-refractivity contribution is 7.89. The predicted octanol–water partition coefficient (Wildman–Crippen LogP) is 2.29. The van der Waals surface area contributed by atoms with Crippen molar-refractivity contribution in [2.75, 3.05) is 20.1 Å². The topological polar surface area (TPSA) is 82.3 Å². The molecule has 1 amide bonds. The average molecular weight is 389 g/mol. The summed E-state index contributed by atoms with van der Waals surface area (Å²) in [6.07, 6.45) is 2.53. The number of halogens is 1. The van der Waals surface area contributed by atoms with Crippen LogP contribution in [0.25, 0.3) is 10.9 Å². The molecule has 2 N–H and O–H groups in total. The Bertz CT molecular complexity index is 1050. The quantitative estimate of drug-likeness (QED) is 0.650. The molecule has 3 rings (SSSR count). The van der Waals surface area contributed by atoms with Gasteiger partial charge in [-0.05, 0) is 42.3 Å². The Morgan fingerprint density at radius 1 is 1.15 bits per heavy atom. The monoisotopic (exact) mass is 389 g/mol. The van der Waals surface area contributed by atoms with Crippen LogP contribution in [-0.4, -0.2) is 43.8 Å². The number of carbonyl (C=O) groups excluding carboxylic acids is 1. The molecule has 1 heterocycles. The van der Waals surface area contributed by atoms with Gasteiger partial charge in [0.05, 0.1) is 11.4 Å². The molecule has 0 aliphatic heterocycles. The zero-order valence-corrected chi connectivity index (χ0v) is 15.6. The number of benzene rings is 2. The summed E-state index contributed by atoms with van der Waals surface area (Å²) in [7, 11) is -2.53. The number of hydrogen-bond donors (Lipinski definition) is 2. The van der Waals surface area contributed by atoms with Gasteiger partial charge in [0.2, 0.25) is 15.9 Å². The number of fused-ring (bicyclic) bond motifs is 1. The molecule has 0 aliphatic carbocycles. The number of hydrogen-bond acceptors (Lipinski definition) is 3. The van der Waals surface area contributed by atoms with Crippen LogP contribution >= 0.6 is 0 Å². The minimum Gasteiger partial charge on any atom is -0.361 e. The largest absolute Gasteiger partial charge is 0.361 e. The minimum atomic E-state index is -3.85. The van der Waals surface area contributed by atoms with Crippen molar-refractivity contribution in [1.29, 1.82) is 0 Å². The van der Waals surface area contributed by atoms with Crippen LogP contribution < -0.4 is 5.32 Å². The van der Waals surface area contributed by atoms with Gasteiger partial charge in [0.25, 0.3) is 0 Å². The predicted molar refractivity (Wildman–Crippen MR) is 101 cm³/mol. The van der Waals surface area contributed by atoms with Crippen molar-refractivity contribution in [3.63, 3.8) is 0 Å². The number of sulfonamides is 1. The molecule has 0 saturated carbocycles. The highest BCUT2D eigenvalue weighted by atomic mass is 32.2. The van der Waals surface area contributed by atoms with Crippen molar-refractivity contribution in [3.05, 3.63) is 66.1 Å². The Kier molecular flexibility index (Phi) is 5.57. The number of aromatic nitrogens is 1. The third kappa shape index (κ3) is 4.35. The number of nitrogens with one attached hydrogen (secondary N) is 2. The Balaban J connectivity index is 1.55. The maximum Gasteiger partial charge on any atom is 0.243 e. The molecule has 3 aromatic rings. The van der Waals surface area contributed by atoms with E-state index in [0.29, 0.717) is 13.0 Å². The first-order valence-electron chi connectivity index (χ1n) is 8.41. The normalized spacial score (nSPS) is 11.8. The van der Waals surface area contributed by atoms with Crippen molar-refractivity contribution in [2.45, 2.75) is 11.3 Å². The molecule has 0 fully saturated rings. The van der Waals surface area contributed by atoms with E-state index in [2.05, 4.69) is 10.3 Å². The maximum atomic E-state index is 13.0. The molecule has 0 spiro atoms. The summed E-state index contributed by atoms with van der Waals surface area (Å²) < 4.78 is 38.7. The van der Waals surface area contributed by atoms with Crippen LogP contribution in [-0.2, 0) is 21.2 Å². The van der Waals surface area contributed by atoms with E-state index in [1.165, 1.54) is 19.2 Å². The number of H-pyrrole nitrogens is 1. The Hall–Kier alpha value is -2.71. The summed E-state index contributed by atoms with van der Waals surface area (Å²) in [5.74, 6) is -0.922. The lowest BCUT2D eigenvalue weighted by Crippen LogP contribution is -2.39. The van der Waals surface area contributed by atoms with E-state index in [0.717, 1.165) is 32.9 Å². The smallest absolute Gasteiger partial charge is 0.243 e. The fourth-order valence-electron chi connectivity index (χ4n) is 2.80. The lowest BCUT2D eigenvalue weighted by Gasteiger charge is -2.16. The number of carbonyl (C=O) groups is 1. The first-order valence-corrected chi connectivity index (χ1v) is 9.85. The van der Waals surface area contributed by atoms with Gasteiger partial charge in [0, 0.05) is 30.7 Å². The molecule has 0 aliphatic rings. The molecule has 1 aromatic heterocycles. The molecule has 6 nitrogen and oxygen atoms in total. The van der Waals surface area contributed by atoms with Gasteiger partial charge >= 0.3 is 0 Å². The zero-order valence-electron chi connectivity index (χ0n) is 14.8. The Morgan fingerprint density at radius 2 is 1.85 bits per heavy atom. The first-order chi connectivity index (χ1) is 12.9. The lowest BCUT2D eigenvalue weighted by atomic mass is 10.1. The van der Waals surface area contributed by atoms with E-state index in [4.69, 9.17) is 0 Å². The molecule has 0 bridgehead atoms. The first kappa shape index (κ1) is 19.1. The van der Waals surface area contributed by atoms with Crippen LogP contribution in [0.15, 0.2) is 59.6 Å². The van der Waals surface area contributed by atoms with Crippen molar-refractivity contribution in [2.24, 2.45) is 0 Å². The molecule has 2 aromatic carbocycles. The van der Waals surface area contributed by atoms with Gasteiger partial charge < -0.3 is 10.3 Å². The highest BCUT2D eigenvalue weighted by Crippen LogP contribution is 2.18. The summed E-state index contributed by atoms with van der Waals surface area (Å²) in [4.78, 5) is 15.2. The molecular weight excluding hydrogens is 369 g/mol. The fourth-order valence-corrected chi connectivity index (χ4v) is 3.93.